The summed E-state index contributed by atoms with van der Waals surface area (Å²) >= 11 is 6.30. The van der Waals surface area contributed by atoms with Gasteiger partial charge in [0.2, 0.25) is 5.91 Å². The smallest absolute Gasteiger partial charge is 0.224 e. The third-order valence-corrected chi connectivity index (χ3v) is 5.19. The number of carbonyl (C=O) groups is 1. The Morgan fingerprint density at radius 2 is 1.78 bits per heavy atom. The molecule has 4 nitrogen and oxygen atoms in total. The molecule has 1 aliphatic rings. The summed E-state index contributed by atoms with van der Waals surface area (Å²) < 4.78 is 13.0. The van der Waals surface area contributed by atoms with Crippen molar-refractivity contribution < 1.29 is 9.18 Å². The highest BCUT2D eigenvalue weighted by atomic mass is 35.5. The van der Waals surface area contributed by atoms with Crippen molar-refractivity contribution in [3.63, 3.8) is 0 Å². The van der Waals surface area contributed by atoms with Gasteiger partial charge in [0.15, 0.2) is 0 Å². The summed E-state index contributed by atoms with van der Waals surface area (Å²) in [7, 11) is 0. The maximum absolute atomic E-state index is 13.0. The van der Waals surface area contributed by atoms with E-state index in [1.165, 1.54) is 12.1 Å². The number of piperazine rings is 1. The van der Waals surface area contributed by atoms with Crippen molar-refractivity contribution in [3.8, 4) is 0 Å². The number of hydrogen-bond acceptors (Lipinski definition) is 3. The molecule has 1 aliphatic heterocycles. The van der Waals surface area contributed by atoms with Gasteiger partial charge in [0.05, 0.1) is 10.7 Å². The van der Waals surface area contributed by atoms with E-state index in [9.17, 15) is 9.18 Å². The van der Waals surface area contributed by atoms with Crippen LogP contribution in [0.15, 0.2) is 36.4 Å². The number of amides is 1. The van der Waals surface area contributed by atoms with E-state index < -0.39 is 0 Å². The number of benzene rings is 2. The predicted octanol–water partition coefficient (Wildman–Crippen LogP) is 4.25. The Kier molecular flexibility index (Phi) is 6.22. The molecule has 1 fully saturated rings. The lowest BCUT2D eigenvalue weighted by Gasteiger charge is -2.36. The summed E-state index contributed by atoms with van der Waals surface area (Å²) in [6, 6.07) is 10.5. The molecule has 0 atom stereocenters. The molecule has 1 saturated heterocycles. The van der Waals surface area contributed by atoms with Gasteiger partial charge in [-0.25, -0.2) is 4.39 Å². The van der Waals surface area contributed by atoms with E-state index in [1.807, 2.05) is 24.8 Å². The number of rotatable bonds is 5. The van der Waals surface area contributed by atoms with E-state index in [0.717, 1.165) is 35.6 Å². The first-order valence-corrected chi connectivity index (χ1v) is 9.61. The van der Waals surface area contributed by atoms with Crippen LogP contribution in [0.3, 0.4) is 0 Å². The van der Waals surface area contributed by atoms with Crippen molar-refractivity contribution in [1.82, 2.24) is 4.90 Å². The predicted molar refractivity (Wildman–Crippen MR) is 109 cm³/mol. The number of halogens is 2. The Balaban J connectivity index is 1.47. The summed E-state index contributed by atoms with van der Waals surface area (Å²) in [5.74, 6) is -0.0916. The van der Waals surface area contributed by atoms with Gasteiger partial charge in [0.1, 0.15) is 5.82 Å². The quantitative estimate of drug-likeness (QED) is 0.830. The van der Waals surface area contributed by atoms with Crippen molar-refractivity contribution in [3.05, 3.63) is 58.4 Å². The second-order valence-corrected chi connectivity index (χ2v) is 7.37. The van der Waals surface area contributed by atoms with Gasteiger partial charge in [0.25, 0.3) is 0 Å². The molecule has 0 unspecified atom stereocenters. The fourth-order valence-electron chi connectivity index (χ4n) is 3.46. The normalized spacial score (nSPS) is 14.4. The molecule has 6 heteroatoms. The number of hydrogen-bond donors (Lipinski definition) is 1. The highest BCUT2D eigenvalue weighted by molar-refractivity contribution is 6.33. The molecular formula is C21H25ClFN3O. The molecule has 27 heavy (non-hydrogen) atoms. The highest BCUT2D eigenvalue weighted by Gasteiger charge is 2.21. The van der Waals surface area contributed by atoms with Crippen LogP contribution in [0.25, 0.3) is 0 Å². The molecule has 3 rings (SSSR count). The highest BCUT2D eigenvalue weighted by Crippen LogP contribution is 2.27. The fourth-order valence-corrected chi connectivity index (χ4v) is 3.85. The number of carbonyl (C=O) groups excluding carboxylic acids is 1. The molecule has 2 aromatic rings. The summed E-state index contributed by atoms with van der Waals surface area (Å²) in [6.45, 7) is 7.46. The standard InChI is InChI=1S/C21H25ClFN3O/c1-15-13-16(2)21(19(22)14-15)24-8-7-20(27)26-11-9-25(10-12-26)18-5-3-17(23)4-6-18/h3-6,13-14,24H,7-12H2,1-2H3. The Morgan fingerprint density at radius 1 is 1.11 bits per heavy atom. The largest absolute Gasteiger partial charge is 0.383 e. The van der Waals surface area contributed by atoms with Crippen LogP contribution in [-0.2, 0) is 4.79 Å². The topological polar surface area (TPSA) is 35.6 Å². The van der Waals surface area contributed by atoms with Crippen molar-refractivity contribution in [1.29, 1.82) is 0 Å². The molecule has 0 aliphatic carbocycles. The lowest BCUT2D eigenvalue weighted by atomic mass is 10.1. The first kappa shape index (κ1) is 19.5. The van der Waals surface area contributed by atoms with Crippen molar-refractivity contribution >= 4 is 28.9 Å². The second kappa shape index (κ2) is 8.61. The maximum atomic E-state index is 13.0. The van der Waals surface area contributed by atoms with E-state index in [-0.39, 0.29) is 11.7 Å². The Morgan fingerprint density at radius 3 is 2.41 bits per heavy atom. The number of anilines is 2. The molecule has 0 radical (unpaired) electrons. The first-order chi connectivity index (χ1) is 12.9. The van der Waals surface area contributed by atoms with E-state index in [2.05, 4.69) is 16.3 Å². The monoisotopic (exact) mass is 389 g/mol. The molecule has 0 spiro atoms. The van der Waals surface area contributed by atoms with Crippen LogP contribution in [0.4, 0.5) is 15.8 Å². The lowest BCUT2D eigenvalue weighted by molar-refractivity contribution is -0.131. The number of nitrogens with zero attached hydrogens (tertiary/aromatic N) is 2. The zero-order valence-corrected chi connectivity index (χ0v) is 16.5. The van der Waals surface area contributed by atoms with Crippen LogP contribution >= 0.6 is 11.6 Å². The second-order valence-electron chi connectivity index (χ2n) is 6.96. The average molecular weight is 390 g/mol. The molecule has 1 heterocycles. The lowest BCUT2D eigenvalue weighted by Crippen LogP contribution is -2.49. The third kappa shape index (κ3) is 4.92. The van der Waals surface area contributed by atoms with Gasteiger partial charge in [-0.3, -0.25) is 4.79 Å². The van der Waals surface area contributed by atoms with Gasteiger partial charge in [-0.2, -0.15) is 0 Å². The summed E-state index contributed by atoms with van der Waals surface area (Å²) in [4.78, 5) is 16.6. The van der Waals surface area contributed by atoms with Crippen molar-refractivity contribution in [2.75, 3.05) is 42.9 Å². The van der Waals surface area contributed by atoms with Gasteiger partial charge in [-0.05, 0) is 55.3 Å². The molecule has 0 bridgehead atoms. The van der Waals surface area contributed by atoms with Crippen molar-refractivity contribution in [2.45, 2.75) is 20.3 Å². The van der Waals surface area contributed by atoms with Crippen molar-refractivity contribution in [2.24, 2.45) is 0 Å². The van der Waals surface area contributed by atoms with Crippen LogP contribution in [0.1, 0.15) is 17.5 Å². The van der Waals surface area contributed by atoms with Crippen LogP contribution in [0.5, 0.6) is 0 Å². The van der Waals surface area contributed by atoms with Crippen LogP contribution < -0.4 is 10.2 Å². The minimum atomic E-state index is -0.232. The molecule has 1 N–H and O–H groups in total. The summed E-state index contributed by atoms with van der Waals surface area (Å²) in [5.41, 5.74) is 4.10. The van der Waals surface area contributed by atoms with Gasteiger partial charge >= 0.3 is 0 Å². The molecule has 0 aromatic heterocycles. The molecular weight excluding hydrogens is 365 g/mol. The third-order valence-electron chi connectivity index (χ3n) is 4.90. The van der Waals surface area contributed by atoms with Crippen LogP contribution in [0, 0.1) is 19.7 Å². The summed E-state index contributed by atoms with van der Waals surface area (Å²) in [5, 5.41) is 3.98. The van der Waals surface area contributed by atoms with E-state index >= 15 is 0 Å². The van der Waals surface area contributed by atoms with Crippen LogP contribution in [-0.4, -0.2) is 43.5 Å². The van der Waals surface area contributed by atoms with Crippen LogP contribution in [0.2, 0.25) is 5.02 Å². The average Bonchev–Trinajstić information content (AvgIpc) is 2.64. The van der Waals surface area contributed by atoms with Gasteiger partial charge < -0.3 is 15.1 Å². The van der Waals surface area contributed by atoms with E-state index in [0.29, 0.717) is 31.1 Å². The van der Waals surface area contributed by atoms with Gasteiger partial charge in [-0.15, -0.1) is 0 Å². The Bertz CT molecular complexity index is 779. The minimum absolute atomic E-state index is 0.141. The molecule has 2 aromatic carbocycles. The molecule has 1 amide bonds. The fraction of sp³-hybridized carbons (Fsp3) is 0.381. The van der Waals surface area contributed by atoms with Gasteiger partial charge in [0, 0.05) is 44.8 Å². The number of aryl methyl sites for hydroxylation is 2. The zero-order valence-electron chi connectivity index (χ0n) is 15.8. The van der Waals surface area contributed by atoms with E-state index in [1.54, 1.807) is 12.1 Å². The zero-order chi connectivity index (χ0) is 19.4. The molecule has 144 valence electrons. The first-order valence-electron chi connectivity index (χ1n) is 9.23. The maximum Gasteiger partial charge on any atom is 0.224 e. The minimum Gasteiger partial charge on any atom is -0.383 e. The number of nitrogens with one attached hydrogen (secondary N) is 1. The SMILES string of the molecule is Cc1cc(C)c(NCCC(=O)N2CCN(c3ccc(F)cc3)CC2)c(Cl)c1. The summed E-state index contributed by atoms with van der Waals surface area (Å²) in [6.07, 6.45) is 0.431. The molecule has 0 saturated carbocycles. The van der Waals surface area contributed by atoms with Gasteiger partial charge in [-0.1, -0.05) is 17.7 Å². The Labute approximate surface area is 164 Å². The van der Waals surface area contributed by atoms with E-state index in [4.69, 9.17) is 11.6 Å². The Hall–Kier alpha value is -2.27.